The molecule has 0 amide bonds. The third-order valence-electron chi connectivity index (χ3n) is 3.52. The normalized spacial score (nSPS) is 16.4. The van der Waals surface area contributed by atoms with E-state index in [9.17, 15) is 10.1 Å². The first kappa shape index (κ1) is 15.1. The van der Waals surface area contributed by atoms with Crippen LogP contribution in [0.5, 0.6) is 5.88 Å². The number of carbonyl (C=O) groups is 1. The fourth-order valence-electron chi connectivity index (χ4n) is 2.57. The van der Waals surface area contributed by atoms with Crippen molar-refractivity contribution in [2.75, 3.05) is 6.61 Å². The van der Waals surface area contributed by atoms with Gasteiger partial charge >= 0.3 is 5.97 Å². The highest BCUT2D eigenvalue weighted by Gasteiger charge is 2.35. The summed E-state index contributed by atoms with van der Waals surface area (Å²) >= 11 is 1.52. The Kier molecular flexibility index (Phi) is 4.04. The van der Waals surface area contributed by atoms with Crippen molar-refractivity contribution in [3.05, 3.63) is 45.1 Å². The average molecular weight is 330 g/mol. The predicted octanol–water partition coefficient (Wildman–Crippen LogP) is 1.79. The third-order valence-corrected chi connectivity index (χ3v) is 4.22. The molecule has 0 saturated heterocycles. The number of rotatable bonds is 4. The molecule has 1 aliphatic rings. The van der Waals surface area contributed by atoms with Crippen molar-refractivity contribution < 1.29 is 14.3 Å². The number of allylic oxidation sites excluding steroid dienone is 1. The number of esters is 1. The Hall–Kier alpha value is -2.79. The van der Waals surface area contributed by atoms with E-state index in [0.717, 1.165) is 5.56 Å². The molecule has 2 aromatic heterocycles. The SMILES string of the molecule is CCOC(=O)Cc1[nH]nc2c1[C@H](c1ccsc1)C(C#N)=C(N)O2. The number of aromatic nitrogens is 2. The van der Waals surface area contributed by atoms with E-state index < -0.39 is 5.92 Å². The van der Waals surface area contributed by atoms with Gasteiger partial charge in [-0.2, -0.15) is 16.6 Å². The lowest BCUT2D eigenvalue weighted by Crippen LogP contribution is -2.21. The van der Waals surface area contributed by atoms with Crippen LogP contribution in [-0.2, 0) is 16.0 Å². The van der Waals surface area contributed by atoms with Crippen LogP contribution in [0.2, 0.25) is 0 Å². The van der Waals surface area contributed by atoms with Gasteiger partial charge in [0.2, 0.25) is 11.8 Å². The summed E-state index contributed by atoms with van der Waals surface area (Å²) < 4.78 is 10.4. The van der Waals surface area contributed by atoms with Gasteiger partial charge in [-0.3, -0.25) is 9.89 Å². The number of hydrogen-bond donors (Lipinski definition) is 2. The van der Waals surface area contributed by atoms with Crippen molar-refractivity contribution in [3.8, 4) is 11.9 Å². The van der Waals surface area contributed by atoms with Crippen LogP contribution in [0.4, 0.5) is 0 Å². The fourth-order valence-corrected chi connectivity index (χ4v) is 3.26. The summed E-state index contributed by atoms with van der Waals surface area (Å²) in [5.74, 6) is -0.454. The predicted molar refractivity (Wildman–Crippen MR) is 82.5 cm³/mol. The van der Waals surface area contributed by atoms with Gasteiger partial charge in [0.05, 0.1) is 30.2 Å². The summed E-state index contributed by atoms with van der Waals surface area (Å²) in [6.07, 6.45) is 0.0266. The molecular formula is C15H14N4O3S. The molecule has 0 unspecified atom stereocenters. The Balaban J connectivity index is 2.07. The van der Waals surface area contributed by atoms with Crippen LogP contribution in [-0.4, -0.2) is 22.8 Å². The summed E-state index contributed by atoms with van der Waals surface area (Å²) in [5, 5.41) is 20.2. The molecule has 2 aromatic rings. The van der Waals surface area contributed by atoms with Crippen LogP contribution in [0, 0.1) is 11.3 Å². The molecule has 0 aliphatic carbocycles. The topological polar surface area (TPSA) is 114 Å². The zero-order valence-corrected chi connectivity index (χ0v) is 13.1. The van der Waals surface area contributed by atoms with Gasteiger partial charge in [-0.15, -0.1) is 5.10 Å². The third kappa shape index (κ3) is 2.66. The Morgan fingerprint density at radius 3 is 3.13 bits per heavy atom. The number of hydrogen-bond acceptors (Lipinski definition) is 7. The number of carbonyl (C=O) groups excluding carboxylic acids is 1. The highest BCUT2D eigenvalue weighted by atomic mass is 32.1. The highest BCUT2D eigenvalue weighted by molar-refractivity contribution is 7.08. The minimum Gasteiger partial charge on any atom is -0.466 e. The molecule has 1 atom stereocenters. The van der Waals surface area contributed by atoms with Crippen molar-refractivity contribution in [2.24, 2.45) is 5.73 Å². The van der Waals surface area contributed by atoms with Crippen molar-refractivity contribution in [2.45, 2.75) is 19.3 Å². The van der Waals surface area contributed by atoms with Crippen molar-refractivity contribution in [1.29, 1.82) is 5.26 Å². The standard InChI is InChI=1S/C15H14N4O3S/c1-2-21-11(20)5-10-13-12(8-3-4-23-7-8)9(6-16)14(17)22-15(13)19-18-10/h3-4,7,12H,2,5,17H2,1H3,(H,18,19)/t12-/m1/s1. The molecule has 0 fully saturated rings. The first-order chi connectivity index (χ1) is 11.2. The van der Waals surface area contributed by atoms with Crippen molar-refractivity contribution in [3.63, 3.8) is 0 Å². The number of ether oxygens (including phenoxy) is 2. The molecular weight excluding hydrogens is 316 g/mol. The molecule has 3 N–H and O–H groups in total. The van der Waals surface area contributed by atoms with E-state index in [4.69, 9.17) is 15.2 Å². The van der Waals surface area contributed by atoms with Crippen LogP contribution < -0.4 is 10.5 Å². The minimum absolute atomic E-state index is 0.0266. The molecule has 0 bridgehead atoms. The highest BCUT2D eigenvalue weighted by Crippen LogP contribution is 2.43. The second-order valence-corrected chi connectivity index (χ2v) is 5.66. The first-order valence-electron chi connectivity index (χ1n) is 6.98. The van der Waals surface area contributed by atoms with Crippen LogP contribution in [0.3, 0.4) is 0 Å². The lowest BCUT2D eigenvalue weighted by Gasteiger charge is -2.23. The average Bonchev–Trinajstić information content (AvgIpc) is 3.16. The lowest BCUT2D eigenvalue weighted by atomic mass is 9.85. The van der Waals surface area contributed by atoms with Gasteiger partial charge in [0.15, 0.2) is 0 Å². The monoisotopic (exact) mass is 330 g/mol. The number of thiophene rings is 1. The van der Waals surface area contributed by atoms with Crippen LogP contribution in [0.1, 0.15) is 29.7 Å². The number of aromatic amines is 1. The Bertz CT molecular complexity index is 801. The first-order valence-corrected chi connectivity index (χ1v) is 7.92. The summed E-state index contributed by atoms with van der Waals surface area (Å²) in [5.41, 5.74) is 8.29. The largest absolute Gasteiger partial charge is 0.466 e. The van der Waals surface area contributed by atoms with E-state index in [1.807, 2.05) is 16.8 Å². The van der Waals surface area contributed by atoms with Gasteiger partial charge in [-0.05, 0) is 29.3 Å². The Morgan fingerprint density at radius 1 is 1.65 bits per heavy atom. The number of nitrogens with zero attached hydrogens (tertiary/aromatic N) is 2. The molecule has 7 nitrogen and oxygen atoms in total. The van der Waals surface area contributed by atoms with E-state index in [-0.39, 0.29) is 24.2 Å². The zero-order valence-electron chi connectivity index (χ0n) is 12.3. The van der Waals surface area contributed by atoms with Crippen molar-refractivity contribution in [1.82, 2.24) is 10.2 Å². The summed E-state index contributed by atoms with van der Waals surface area (Å²) in [4.78, 5) is 11.8. The van der Waals surface area contributed by atoms with Crippen molar-refractivity contribution >= 4 is 17.3 Å². The maximum Gasteiger partial charge on any atom is 0.311 e. The van der Waals surface area contributed by atoms with E-state index in [1.54, 1.807) is 6.92 Å². The minimum atomic E-state index is -0.404. The molecule has 0 saturated carbocycles. The number of fused-ring (bicyclic) bond motifs is 1. The van der Waals surface area contributed by atoms with Gasteiger partial charge < -0.3 is 15.2 Å². The summed E-state index contributed by atoms with van der Waals surface area (Å²) in [6.45, 7) is 2.05. The summed E-state index contributed by atoms with van der Waals surface area (Å²) in [7, 11) is 0. The van der Waals surface area contributed by atoms with Gasteiger partial charge in [-0.1, -0.05) is 0 Å². The molecule has 1 aliphatic heterocycles. The van der Waals surface area contributed by atoms with E-state index in [1.165, 1.54) is 11.3 Å². The number of nitrogens with one attached hydrogen (secondary N) is 1. The quantitative estimate of drug-likeness (QED) is 0.826. The Morgan fingerprint density at radius 2 is 2.48 bits per heavy atom. The van der Waals surface area contributed by atoms with Gasteiger partial charge in [0.1, 0.15) is 11.6 Å². The van der Waals surface area contributed by atoms with E-state index >= 15 is 0 Å². The lowest BCUT2D eigenvalue weighted by molar-refractivity contribution is -0.142. The number of H-pyrrole nitrogens is 1. The van der Waals surface area contributed by atoms with Gasteiger partial charge in [0, 0.05) is 0 Å². The zero-order chi connectivity index (χ0) is 16.4. The molecule has 23 heavy (non-hydrogen) atoms. The maximum absolute atomic E-state index is 11.8. The van der Waals surface area contributed by atoms with E-state index in [0.29, 0.717) is 23.4 Å². The van der Waals surface area contributed by atoms with Crippen LogP contribution in [0.15, 0.2) is 28.3 Å². The number of nitriles is 1. The smallest absolute Gasteiger partial charge is 0.311 e. The Labute approximate surface area is 136 Å². The maximum atomic E-state index is 11.8. The molecule has 118 valence electrons. The second kappa shape index (κ2) is 6.14. The van der Waals surface area contributed by atoms with E-state index in [2.05, 4.69) is 16.3 Å². The molecule has 8 heteroatoms. The molecule has 0 radical (unpaired) electrons. The fraction of sp³-hybridized carbons (Fsp3) is 0.267. The van der Waals surface area contributed by atoms with Crippen LogP contribution >= 0.6 is 11.3 Å². The molecule has 3 rings (SSSR count). The van der Waals surface area contributed by atoms with Crippen LogP contribution in [0.25, 0.3) is 0 Å². The van der Waals surface area contributed by atoms with Gasteiger partial charge in [0.25, 0.3) is 0 Å². The molecule has 3 heterocycles. The molecule has 0 aromatic carbocycles. The summed E-state index contributed by atoms with van der Waals surface area (Å²) in [6, 6.07) is 4.02. The van der Waals surface area contributed by atoms with Gasteiger partial charge in [-0.25, -0.2) is 0 Å². The second-order valence-electron chi connectivity index (χ2n) is 4.88. The number of nitrogens with two attached hydrogens (primary N) is 1. The molecule has 0 spiro atoms.